The molecule has 1 rings (SSSR count). The van der Waals surface area contributed by atoms with Crippen molar-refractivity contribution in [3.8, 4) is 0 Å². The lowest BCUT2D eigenvalue weighted by atomic mass is 9.76. The molecule has 0 aliphatic carbocycles. The molecule has 0 amide bonds. The third kappa shape index (κ3) is 2.29. The van der Waals surface area contributed by atoms with Gasteiger partial charge in [-0.25, -0.2) is 4.79 Å². The fourth-order valence-corrected chi connectivity index (χ4v) is 1.39. The molecule has 0 aliphatic heterocycles. The van der Waals surface area contributed by atoms with Gasteiger partial charge >= 0.3 is 13.1 Å². The average molecular weight is 209 g/mol. The smallest absolute Gasteiger partial charge is 0.478 e. The molecule has 80 valence electrons. The van der Waals surface area contributed by atoms with Crippen molar-refractivity contribution in [2.75, 3.05) is 12.4 Å². The zero-order valence-electron chi connectivity index (χ0n) is 8.48. The van der Waals surface area contributed by atoms with E-state index in [1.54, 1.807) is 14.0 Å². The van der Waals surface area contributed by atoms with Crippen LogP contribution in [0.25, 0.3) is 0 Å². The summed E-state index contributed by atoms with van der Waals surface area (Å²) in [7, 11) is -0.0296. The van der Waals surface area contributed by atoms with E-state index in [9.17, 15) is 4.79 Å². The van der Waals surface area contributed by atoms with Crippen LogP contribution in [0.4, 0.5) is 5.69 Å². The van der Waals surface area contributed by atoms with E-state index < -0.39 is 13.1 Å². The quantitative estimate of drug-likeness (QED) is 0.500. The molecule has 4 N–H and O–H groups in total. The Hall–Kier alpha value is -1.53. The molecule has 15 heavy (non-hydrogen) atoms. The lowest BCUT2D eigenvalue weighted by Crippen LogP contribution is -2.33. The largest absolute Gasteiger partial charge is 0.488 e. The molecule has 0 heterocycles. The summed E-state index contributed by atoms with van der Waals surface area (Å²) in [6.07, 6.45) is 0. The molecule has 0 aromatic heterocycles. The van der Waals surface area contributed by atoms with Gasteiger partial charge < -0.3 is 20.5 Å². The highest BCUT2D eigenvalue weighted by Gasteiger charge is 2.19. The molecule has 0 saturated heterocycles. The van der Waals surface area contributed by atoms with Crippen molar-refractivity contribution in [3.05, 3.63) is 23.3 Å². The third-order valence-electron chi connectivity index (χ3n) is 2.24. The van der Waals surface area contributed by atoms with Gasteiger partial charge in [-0.05, 0) is 30.1 Å². The highest BCUT2D eigenvalue weighted by atomic mass is 16.4. The van der Waals surface area contributed by atoms with Gasteiger partial charge in [0.15, 0.2) is 0 Å². The molecule has 1 aromatic rings. The topological polar surface area (TPSA) is 89.8 Å². The second-order valence-corrected chi connectivity index (χ2v) is 3.17. The number of carbonyl (C=O) groups is 1. The van der Waals surface area contributed by atoms with E-state index in [0.29, 0.717) is 11.3 Å². The van der Waals surface area contributed by atoms with Crippen LogP contribution in [0.15, 0.2) is 12.1 Å². The Bertz CT molecular complexity index is 392. The van der Waals surface area contributed by atoms with Gasteiger partial charge in [0.1, 0.15) is 0 Å². The molecule has 1 aromatic carbocycles. The van der Waals surface area contributed by atoms with Gasteiger partial charge in [0, 0.05) is 12.7 Å². The van der Waals surface area contributed by atoms with Crippen molar-refractivity contribution in [1.82, 2.24) is 0 Å². The summed E-state index contributed by atoms with van der Waals surface area (Å²) in [6.45, 7) is 1.69. The van der Waals surface area contributed by atoms with Crippen LogP contribution in [0.5, 0.6) is 0 Å². The van der Waals surface area contributed by atoms with Crippen LogP contribution in [0, 0.1) is 6.92 Å². The minimum absolute atomic E-state index is 0.0213. The first-order chi connectivity index (χ1) is 6.97. The van der Waals surface area contributed by atoms with Crippen LogP contribution in [-0.4, -0.2) is 35.3 Å². The van der Waals surface area contributed by atoms with E-state index in [0.717, 1.165) is 0 Å². The normalized spacial score (nSPS) is 9.87. The first kappa shape index (κ1) is 11.5. The molecule has 6 heteroatoms. The lowest BCUT2D eigenvalue weighted by Gasteiger charge is -2.11. The second kappa shape index (κ2) is 4.33. The highest BCUT2D eigenvalue weighted by Crippen LogP contribution is 2.14. The number of hydrogen-bond donors (Lipinski definition) is 4. The van der Waals surface area contributed by atoms with Crippen molar-refractivity contribution in [1.29, 1.82) is 0 Å². The first-order valence-electron chi connectivity index (χ1n) is 4.39. The number of benzene rings is 1. The second-order valence-electron chi connectivity index (χ2n) is 3.17. The van der Waals surface area contributed by atoms with Gasteiger partial charge in [0.05, 0.1) is 5.56 Å². The number of anilines is 1. The number of nitrogens with one attached hydrogen (secondary N) is 1. The molecule has 0 saturated carbocycles. The standard InChI is InChI=1S/C9H12BNO4/c1-5-7(10(14)15)3-6(9(12)13)4-8(5)11-2/h3-4,11,14-15H,1-2H3,(H,12,13). The first-order valence-corrected chi connectivity index (χ1v) is 4.39. The summed E-state index contributed by atoms with van der Waals surface area (Å²) in [5.41, 5.74) is 1.41. The summed E-state index contributed by atoms with van der Waals surface area (Å²) in [5, 5.41) is 29.7. The maximum absolute atomic E-state index is 10.8. The Labute approximate surface area is 87.5 Å². The molecular formula is C9H12BNO4. The van der Waals surface area contributed by atoms with Gasteiger partial charge in [-0.3, -0.25) is 0 Å². The Kier molecular flexibility index (Phi) is 3.33. The minimum atomic E-state index is -1.67. The number of carboxylic acids is 1. The van der Waals surface area contributed by atoms with E-state index in [1.165, 1.54) is 12.1 Å². The Morgan fingerprint density at radius 2 is 2.00 bits per heavy atom. The van der Waals surface area contributed by atoms with E-state index in [4.69, 9.17) is 15.2 Å². The molecule has 0 spiro atoms. The van der Waals surface area contributed by atoms with Crippen LogP contribution in [0.2, 0.25) is 0 Å². The molecule has 0 unspecified atom stereocenters. The molecule has 0 bridgehead atoms. The molecule has 5 nitrogen and oxygen atoms in total. The van der Waals surface area contributed by atoms with Gasteiger partial charge in [-0.15, -0.1) is 0 Å². The van der Waals surface area contributed by atoms with Crippen LogP contribution in [0.3, 0.4) is 0 Å². The molecule has 0 aliphatic rings. The molecule has 0 radical (unpaired) electrons. The fraction of sp³-hybridized carbons (Fsp3) is 0.222. The maximum atomic E-state index is 10.8. The third-order valence-corrected chi connectivity index (χ3v) is 2.24. The maximum Gasteiger partial charge on any atom is 0.488 e. The summed E-state index contributed by atoms with van der Waals surface area (Å²) in [6, 6.07) is 2.70. The van der Waals surface area contributed by atoms with Crippen LogP contribution in [0.1, 0.15) is 15.9 Å². The molecular weight excluding hydrogens is 197 g/mol. The van der Waals surface area contributed by atoms with Crippen molar-refractivity contribution < 1.29 is 19.9 Å². The lowest BCUT2D eigenvalue weighted by molar-refractivity contribution is 0.0697. The number of carboxylic acid groups (broad SMARTS) is 1. The van der Waals surface area contributed by atoms with Crippen molar-refractivity contribution in [3.63, 3.8) is 0 Å². The van der Waals surface area contributed by atoms with E-state index in [-0.39, 0.29) is 11.0 Å². The van der Waals surface area contributed by atoms with Crippen LogP contribution < -0.4 is 10.8 Å². The van der Waals surface area contributed by atoms with Gasteiger partial charge in [0.25, 0.3) is 0 Å². The molecule has 0 fully saturated rings. The SMILES string of the molecule is CNc1cc(C(=O)O)cc(B(O)O)c1C. The number of rotatable bonds is 3. The summed E-state index contributed by atoms with van der Waals surface area (Å²) in [4.78, 5) is 10.8. The predicted molar refractivity (Wildman–Crippen MR) is 57.5 cm³/mol. The molecule has 0 atom stereocenters. The Morgan fingerprint density at radius 1 is 1.40 bits per heavy atom. The van der Waals surface area contributed by atoms with Crippen molar-refractivity contribution in [2.45, 2.75) is 6.92 Å². The minimum Gasteiger partial charge on any atom is -0.478 e. The Balaban J connectivity index is 3.38. The summed E-state index contributed by atoms with van der Waals surface area (Å²) < 4.78 is 0. The Morgan fingerprint density at radius 3 is 2.40 bits per heavy atom. The van der Waals surface area contributed by atoms with Crippen LogP contribution >= 0.6 is 0 Å². The van der Waals surface area contributed by atoms with Crippen molar-refractivity contribution in [2.24, 2.45) is 0 Å². The van der Waals surface area contributed by atoms with Gasteiger partial charge in [-0.2, -0.15) is 0 Å². The number of hydrogen-bond acceptors (Lipinski definition) is 4. The van der Waals surface area contributed by atoms with Crippen LogP contribution in [-0.2, 0) is 0 Å². The average Bonchev–Trinajstić information content (AvgIpc) is 2.17. The zero-order valence-corrected chi connectivity index (χ0v) is 8.48. The fourth-order valence-electron chi connectivity index (χ4n) is 1.39. The van der Waals surface area contributed by atoms with E-state index in [1.807, 2.05) is 0 Å². The van der Waals surface area contributed by atoms with E-state index in [2.05, 4.69) is 5.32 Å². The van der Waals surface area contributed by atoms with Gasteiger partial charge in [-0.1, -0.05) is 0 Å². The summed E-state index contributed by atoms with van der Waals surface area (Å²) >= 11 is 0. The van der Waals surface area contributed by atoms with Gasteiger partial charge in [0.2, 0.25) is 0 Å². The zero-order chi connectivity index (χ0) is 11.6. The highest BCUT2D eigenvalue weighted by molar-refractivity contribution is 6.59. The van der Waals surface area contributed by atoms with E-state index >= 15 is 0 Å². The monoisotopic (exact) mass is 209 g/mol. The number of aromatic carboxylic acids is 1. The summed E-state index contributed by atoms with van der Waals surface area (Å²) in [5.74, 6) is -1.10. The predicted octanol–water partition coefficient (Wildman–Crippen LogP) is -0.585. The van der Waals surface area contributed by atoms with Crippen molar-refractivity contribution >= 4 is 24.2 Å².